The molecular weight excluding hydrogens is 398 g/mol. The molecule has 20 heavy (non-hydrogen) atoms. The van der Waals surface area contributed by atoms with E-state index in [1.807, 2.05) is 0 Å². The van der Waals surface area contributed by atoms with Crippen molar-refractivity contribution in [3.63, 3.8) is 0 Å². The first-order valence-electron chi connectivity index (χ1n) is 5.60. The van der Waals surface area contributed by atoms with Crippen LogP contribution in [-0.4, -0.2) is 12.2 Å². The summed E-state index contributed by atoms with van der Waals surface area (Å²) in [4.78, 5) is 0. The van der Waals surface area contributed by atoms with E-state index in [4.69, 9.17) is 4.74 Å². The van der Waals surface area contributed by atoms with Gasteiger partial charge in [0.1, 0.15) is 23.5 Å². The van der Waals surface area contributed by atoms with Crippen molar-refractivity contribution in [2.24, 2.45) is 0 Å². The monoisotopic (exact) mass is 406 g/mol. The van der Waals surface area contributed by atoms with Gasteiger partial charge in [-0.1, -0.05) is 6.07 Å². The lowest BCUT2D eigenvalue weighted by molar-refractivity contribution is 0.214. The molecule has 1 N–H and O–H groups in total. The highest BCUT2D eigenvalue weighted by Crippen LogP contribution is 2.34. The van der Waals surface area contributed by atoms with Gasteiger partial charge in [-0.2, -0.15) is 0 Å². The maximum absolute atomic E-state index is 13.5. The lowest BCUT2D eigenvalue weighted by Crippen LogP contribution is -2.04. The minimum atomic E-state index is -1.12. The van der Waals surface area contributed by atoms with E-state index in [-0.39, 0.29) is 10.2 Å². The van der Waals surface area contributed by atoms with Crippen LogP contribution in [0.25, 0.3) is 0 Å². The number of aliphatic hydroxyl groups excluding tert-OH is 1. The average molecular weight is 408 g/mol. The largest absolute Gasteiger partial charge is 0.496 e. The van der Waals surface area contributed by atoms with E-state index in [1.165, 1.54) is 25.3 Å². The number of aliphatic hydroxyl groups is 1. The van der Waals surface area contributed by atoms with Gasteiger partial charge in [-0.05, 0) is 55.6 Å². The van der Waals surface area contributed by atoms with Gasteiger partial charge >= 0.3 is 0 Å². The first kappa shape index (κ1) is 15.4. The van der Waals surface area contributed by atoms with Crippen LogP contribution in [0.5, 0.6) is 5.75 Å². The molecule has 1 unspecified atom stereocenters. The first-order chi connectivity index (χ1) is 9.43. The summed E-state index contributed by atoms with van der Waals surface area (Å²) < 4.78 is 32.5. The fourth-order valence-electron chi connectivity index (χ4n) is 1.80. The SMILES string of the molecule is COc1cc(F)c(Br)cc1C(O)c1ccc(Br)c(F)c1. The molecule has 0 aliphatic heterocycles. The van der Waals surface area contributed by atoms with Crippen molar-refractivity contribution < 1.29 is 18.6 Å². The number of methoxy groups -OCH3 is 1. The maximum Gasteiger partial charge on any atom is 0.141 e. The smallest absolute Gasteiger partial charge is 0.141 e. The second-order valence-electron chi connectivity index (χ2n) is 4.08. The lowest BCUT2D eigenvalue weighted by Gasteiger charge is -2.16. The van der Waals surface area contributed by atoms with Crippen LogP contribution in [0.3, 0.4) is 0 Å². The molecule has 0 aliphatic carbocycles. The van der Waals surface area contributed by atoms with E-state index in [0.29, 0.717) is 15.6 Å². The zero-order valence-electron chi connectivity index (χ0n) is 10.3. The van der Waals surface area contributed by atoms with Gasteiger partial charge in [0.05, 0.1) is 16.1 Å². The van der Waals surface area contributed by atoms with Crippen molar-refractivity contribution in [1.29, 1.82) is 0 Å². The van der Waals surface area contributed by atoms with Gasteiger partial charge in [-0.15, -0.1) is 0 Å². The molecule has 2 aromatic carbocycles. The Bertz CT molecular complexity index is 647. The van der Waals surface area contributed by atoms with Crippen LogP contribution < -0.4 is 4.74 Å². The molecule has 2 aromatic rings. The predicted molar refractivity (Wildman–Crippen MR) is 78.8 cm³/mol. The summed E-state index contributed by atoms with van der Waals surface area (Å²) in [6.07, 6.45) is -1.12. The third-order valence-corrected chi connectivity index (χ3v) is 4.08. The van der Waals surface area contributed by atoms with Crippen LogP contribution in [0, 0.1) is 11.6 Å². The molecule has 106 valence electrons. The molecule has 2 rings (SSSR count). The number of benzene rings is 2. The van der Waals surface area contributed by atoms with Gasteiger partial charge in [0.15, 0.2) is 0 Å². The quantitative estimate of drug-likeness (QED) is 0.806. The molecular formula is C14H10Br2F2O2. The van der Waals surface area contributed by atoms with Gasteiger partial charge in [0.2, 0.25) is 0 Å². The highest BCUT2D eigenvalue weighted by atomic mass is 79.9. The summed E-state index contributed by atoms with van der Waals surface area (Å²) >= 11 is 6.10. The highest BCUT2D eigenvalue weighted by Gasteiger charge is 2.19. The van der Waals surface area contributed by atoms with Crippen LogP contribution in [-0.2, 0) is 0 Å². The molecule has 2 nitrogen and oxygen atoms in total. The number of halogens is 4. The zero-order valence-corrected chi connectivity index (χ0v) is 13.5. The van der Waals surface area contributed by atoms with Crippen molar-refractivity contribution in [2.45, 2.75) is 6.10 Å². The van der Waals surface area contributed by atoms with Gasteiger partial charge in [-0.3, -0.25) is 0 Å². The highest BCUT2D eigenvalue weighted by molar-refractivity contribution is 9.10. The molecule has 0 saturated carbocycles. The van der Waals surface area contributed by atoms with Gasteiger partial charge < -0.3 is 9.84 Å². The minimum Gasteiger partial charge on any atom is -0.496 e. The number of ether oxygens (including phenoxy) is 1. The van der Waals surface area contributed by atoms with Crippen molar-refractivity contribution in [1.82, 2.24) is 0 Å². The summed E-state index contributed by atoms with van der Waals surface area (Å²) in [5.74, 6) is -0.789. The van der Waals surface area contributed by atoms with E-state index in [1.54, 1.807) is 6.07 Å². The third kappa shape index (κ3) is 3.02. The Morgan fingerprint density at radius 1 is 1.05 bits per heavy atom. The van der Waals surface area contributed by atoms with Crippen molar-refractivity contribution >= 4 is 31.9 Å². The molecule has 0 bridgehead atoms. The third-order valence-electron chi connectivity index (χ3n) is 2.83. The predicted octanol–water partition coefficient (Wildman–Crippen LogP) is 4.58. The van der Waals surface area contributed by atoms with Crippen LogP contribution in [0.2, 0.25) is 0 Å². The summed E-state index contributed by atoms with van der Waals surface area (Å²) in [7, 11) is 1.38. The standard InChI is InChI=1S/C14H10Br2F2O2/c1-20-13-6-12(18)10(16)5-8(13)14(19)7-2-3-9(15)11(17)4-7/h2-6,14,19H,1H3. The number of hydrogen-bond acceptors (Lipinski definition) is 2. The minimum absolute atomic E-state index is 0.196. The first-order valence-corrected chi connectivity index (χ1v) is 7.18. The topological polar surface area (TPSA) is 29.5 Å². The van der Waals surface area contributed by atoms with E-state index < -0.39 is 17.7 Å². The average Bonchev–Trinajstić information content (AvgIpc) is 2.43. The summed E-state index contributed by atoms with van der Waals surface area (Å²) in [5.41, 5.74) is 0.699. The molecule has 0 saturated heterocycles. The van der Waals surface area contributed by atoms with Crippen LogP contribution in [0.1, 0.15) is 17.2 Å². The zero-order chi connectivity index (χ0) is 14.9. The molecule has 6 heteroatoms. The molecule has 0 aromatic heterocycles. The summed E-state index contributed by atoms with van der Waals surface area (Å²) in [5, 5.41) is 10.3. The van der Waals surface area contributed by atoms with Crippen LogP contribution >= 0.6 is 31.9 Å². The van der Waals surface area contributed by atoms with E-state index >= 15 is 0 Å². The Labute approximate surface area is 131 Å². The molecule has 0 fully saturated rings. The Balaban J connectivity index is 2.49. The van der Waals surface area contributed by atoms with Crippen LogP contribution in [0.4, 0.5) is 8.78 Å². The molecule has 0 amide bonds. The van der Waals surface area contributed by atoms with Gasteiger partial charge in [0.25, 0.3) is 0 Å². The van der Waals surface area contributed by atoms with Crippen molar-refractivity contribution in [3.05, 3.63) is 62.0 Å². The second-order valence-corrected chi connectivity index (χ2v) is 5.79. The molecule has 1 atom stereocenters. The maximum atomic E-state index is 13.5. The number of hydrogen-bond donors (Lipinski definition) is 1. The lowest BCUT2D eigenvalue weighted by atomic mass is 10.0. The van der Waals surface area contributed by atoms with E-state index in [2.05, 4.69) is 31.9 Å². The van der Waals surface area contributed by atoms with Crippen molar-refractivity contribution in [3.8, 4) is 5.75 Å². The van der Waals surface area contributed by atoms with E-state index in [0.717, 1.165) is 6.07 Å². The Morgan fingerprint density at radius 2 is 1.70 bits per heavy atom. The molecule has 0 aliphatic rings. The van der Waals surface area contributed by atoms with Crippen LogP contribution in [0.15, 0.2) is 39.3 Å². The van der Waals surface area contributed by atoms with Crippen molar-refractivity contribution in [2.75, 3.05) is 7.11 Å². The van der Waals surface area contributed by atoms with E-state index in [9.17, 15) is 13.9 Å². The molecule has 0 radical (unpaired) electrons. The fraction of sp³-hybridized carbons (Fsp3) is 0.143. The number of rotatable bonds is 3. The fourth-order valence-corrected chi connectivity index (χ4v) is 2.40. The Kier molecular flexibility index (Phi) is 4.78. The van der Waals surface area contributed by atoms with Gasteiger partial charge in [0, 0.05) is 11.6 Å². The molecule has 0 spiro atoms. The Morgan fingerprint density at radius 3 is 2.30 bits per heavy atom. The molecule has 0 heterocycles. The normalized spacial score (nSPS) is 12.3. The Hall–Kier alpha value is -0.980. The summed E-state index contributed by atoms with van der Waals surface area (Å²) in [6, 6.07) is 6.87. The van der Waals surface area contributed by atoms with Gasteiger partial charge in [-0.25, -0.2) is 8.78 Å². The summed E-state index contributed by atoms with van der Waals surface area (Å²) in [6.45, 7) is 0. The second kappa shape index (κ2) is 6.20.